The number of hydrogen-bond acceptors (Lipinski definition) is 8. The first-order valence-corrected chi connectivity index (χ1v) is 9.83. The summed E-state index contributed by atoms with van der Waals surface area (Å²) in [5.41, 5.74) is 1.14. The highest BCUT2D eigenvalue weighted by atomic mass is 16.5. The Hall–Kier alpha value is -4.28. The standard InChI is InChI=1S/C22H23N3O8/c1-12(20(27)28)32-18-10-14(24(2)3)6-5-13(18)9-16-19(26)25(22(30)23-16)11-15-7-8-17(33-15)21(29)31-4/h5-10,12H,11H2,1-4H3,(H,23,30)(H,27,28)/b16-9-/t12-/m0/s1. The van der Waals surface area contributed by atoms with Crippen molar-refractivity contribution in [3.8, 4) is 5.75 Å². The van der Waals surface area contributed by atoms with Crippen LogP contribution in [0.1, 0.15) is 28.8 Å². The molecule has 2 aromatic rings. The van der Waals surface area contributed by atoms with Crippen molar-refractivity contribution < 1.29 is 38.2 Å². The number of rotatable bonds is 8. The van der Waals surface area contributed by atoms with Crippen LogP contribution in [0, 0.1) is 0 Å². The number of nitrogens with zero attached hydrogens (tertiary/aromatic N) is 2. The van der Waals surface area contributed by atoms with Gasteiger partial charge in [-0.1, -0.05) is 0 Å². The van der Waals surface area contributed by atoms with Gasteiger partial charge in [0.15, 0.2) is 6.10 Å². The third kappa shape index (κ3) is 5.14. The number of anilines is 1. The van der Waals surface area contributed by atoms with Gasteiger partial charge in [0.25, 0.3) is 5.91 Å². The Morgan fingerprint density at radius 3 is 2.61 bits per heavy atom. The summed E-state index contributed by atoms with van der Waals surface area (Å²) < 4.78 is 15.5. The minimum absolute atomic E-state index is 0.0230. The van der Waals surface area contributed by atoms with Crippen LogP contribution in [-0.4, -0.2) is 61.2 Å². The summed E-state index contributed by atoms with van der Waals surface area (Å²) in [5.74, 6) is -2.04. The Morgan fingerprint density at radius 2 is 1.97 bits per heavy atom. The van der Waals surface area contributed by atoms with Gasteiger partial charge in [-0.2, -0.15) is 0 Å². The summed E-state index contributed by atoms with van der Waals surface area (Å²) in [5, 5.41) is 11.7. The number of aliphatic carboxylic acids is 1. The summed E-state index contributed by atoms with van der Waals surface area (Å²) in [6, 6.07) is 7.24. The summed E-state index contributed by atoms with van der Waals surface area (Å²) in [7, 11) is 4.84. The molecular weight excluding hydrogens is 434 g/mol. The summed E-state index contributed by atoms with van der Waals surface area (Å²) in [4.78, 5) is 50.7. The fourth-order valence-electron chi connectivity index (χ4n) is 2.96. The molecular formula is C22H23N3O8. The van der Waals surface area contributed by atoms with Crippen LogP contribution < -0.4 is 15.0 Å². The van der Waals surface area contributed by atoms with Crippen molar-refractivity contribution in [2.45, 2.75) is 19.6 Å². The van der Waals surface area contributed by atoms with Gasteiger partial charge in [-0.15, -0.1) is 0 Å². The smallest absolute Gasteiger partial charge is 0.373 e. The van der Waals surface area contributed by atoms with Gasteiger partial charge >= 0.3 is 18.0 Å². The second-order valence-corrected chi connectivity index (χ2v) is 7.35. The number of carboxylic acid groups (broad SMARTS) is 1. The maximum absolute atomic E-state index is 12.8. The van der Waals surface area contributed by atoms with Crippen molar-refractivity contribution in [1.82, 2.24) is 10.2 Å². The van der Waals surface area contributed by atoms with E-state index in [9.17, 15) is 24.3 Å². The molecule has 2 N–H and O–H groups in total. The Balaban J connectivity index is 1.86. The zero-order valence-corrected chi connectivity index (χ0v) is 18.4. The second kappa shape index (κ2) is 9.47. The number of imide groups is 1. The number of esters is 1. The van der Waals surface area contributed by atoms with Gasteiger partial charge in [0.2, 0.25) is 5.76 Å². The number of carboxylic acids is 1. The molecule has 0 aliphatic carbocycles. The number of ether oxygens (including phenoxy) is 2. The average molecular weight is 457 g/mol. The van der Waals surface area contributed by atoms with Gasteiger partial charge in [0.05, 0.1) is 13.7 Å². The van der Waals surface area contributed by atoms with E-state index >= 15 is 0 Å². The van der Waals surface area contributed by atoms with Crippen LogP contribution in [0.2, 0.25) is 0 Å². The molecule has 1 aromatic heterocycles. The Kier molecular flexibility index (Phi) is 6.71. The molecule has 174 valence electrons. The Labute approximate surface area is 189 Å². The van der Waals surface area contributed by atoms with E-state index in [0.29, 0.717) is 5.56 Å². The lowest BCUT2D eigenvalue weighted by Gasteiger charge is -2.18. The fraction of sp³-hybridized carbons (Fsp3) is 0.273. The van der Waals surface area contributed by atoms with E-state index in [1.165, 1.54) is 32.2 Å². The van der Waals surface area contributed by atoms with Crippen LogP contribution in [0.4, 0.5) is 10.5 Å². The van der Waals surface area contributed by atoms with E-state index in [0.717, 1.165) is 10.6 Å². The highest BCUT2D eigenvalue weighted by Gasteiger charge is 2.34. The van der Waals surface area contributed by atoms with Crippen molar-refractivity contribution in [2.24, 2.45) is 0 Å². The van der Waals surface area contributed by atoms with Crippen LogP contribution in [-0.2, 0) is 20.9 Å². The van der Waals surface area contributed by atoms with E-state index < -0.39 is 30.0 Å². The third-order valence-electron chi connectivity index (χ3n) is 4.79. The number of benzene rings is 1. The van der Waals surface area contributed by atoms with E-state index in [-0.39, 0.29) is 29.5 Å². The van der Waals surface area contributed by atoms with Gasteiger partial charge in [-0.3, -0.25) is 9.69 Å². The fourth-order valence-corrected chi connectivity index (χ4v) is 2.96. The molecule has 2 heterocycles. The van der Waals surface area contributed by atoms with Crippen molar-refractivity contribution >= 4 is 35.6 Å². The first-order chi connectivity index (χ1) is 15.6. The Bertz CT molecular complexity index is 1130. The lowest BCUT2D eigenvalue weighted by atomic mass is 10.1. The summed E-state index contributed by atoms with van der Waals surface area (Å²) in [6.07, 6.45) is 0.277. The molecule has 1 aliphatic heterocycles. The Morgan fingerprint density at radius 1 is 1.24 bits per heavy atom. The molecule has 0 bridgehead atoms. The zero-order chi connectivity index (χ0) is 24.3. The molecule has 1 saturated heterocycles. The molecule has 3 amide bonds. The number of furan rings is 1. The zero-order valence-electron chi connectivity index (χ0n) is 18.4. The van der Waals surface area contributed by atoms with Crippen molar-refractivity contribution in [2.75, 3.05) is 26.1 Å². The first-order valence-electron chi connectivity index (χ1n) is 9.83. The molecule has 1 aromatic carbocycles. The van der Waals surface area contributed by atoms with Crippen LogP contribution >= 0.6 is 0 Å². The van der Waals surface area contributed by atoms with Gasteiger partial charge in [0, 0.05) is 31.4 Å². The second-order valence-electron chi connectivity index (χ2n) is 7.35. The number of carbonyl (C=O) groups is 4. The SMILES string of the molecule is COC(=O)c1ccc(CN2C(=O)N/C(=C\c3ccc(N(C)C)cc3O[C@@H](C)C(=O)O)C2=O)o1. The molecule has 1 aliphatic rings. The number of amides is 3. The van der Waals surface area contributed by atoms with Gasteiger partial charge < -0.3 is 29.2 Å². The molecule has 11 heteroatoms. The van der Waals surface area contributed by atoms with Crippen molar-refractivity contribution in [3.63, 3.8) is 0 Å². The van der Waals surface area contributed by atoms with Crippen LogP contribution in [0.5, 0.6) is 5.75 Å². The minimum Gasteiger partial charge on any atom is -0.479 e. The quantitative estimate of drug-likeness (QED) is 0.346. The predicted octanol–water partition coefficient (Wildman–Crippen LogP) is 2.08. The maximum atomic E-state index is 12.8. The first kappa shape index (κ1) is 23.4. The summed E-state index contributed by atoms with van der Waals surface area (Å²) >= 11 is 0. The molecule has 0 spiro atoms. The van der Waals surface area contributed by atoms with E-state index in [4.69, 9.17) is 9.15 Å². The molecule has 11 nitrogen and oxygen atoms in total. The van der Waals surface area contributed by atoms with Gasteiger partial charge in [-0.25, -0.2) is 14.4 Å². The molecule has 3 rings (SSSR count). The third-order valence-corrected chi connectivity index (χ3v) is 4.79. The molecule has 0 radical (unpaired) electrons. The molecule has 1 atom stereocenters. The molecule has 1 fully saturated rings. The predicted molar refractivity (Wildman–Crippen MR) is 116 cm³/mol. The topological polar surface area (TPSA) is 139 Å². The lowest BCUT2D eigenvalue weighted by molar-refractivity contribution is -0.144. The minimum atomic E-state index is -1.15. The average Bonchev–Trinajstić information content (AvgIpc) is 3.34. The van der Waals surface area contributed by atoms with E-state index in [1.54, 1.807) is 18.2 Å². The highest BCUT2D eigenvalue weighted by molar-refractivity contribution is 6.14. The summed E-state index contributed by atoms with van der Waals surface area (Å²) in [6.45, 7) is 1.19. The van der Waals surface area contributed by atoms with Crippen LogP contribution in [0.3, 0.4) is 0 Å². The van der Waals surface area contributed by atoms with Crippen LogP contribution in [0.25, 0.3) is 6.08 Å². The number of nitrogens with one attached hydrogen (secondary N) is 1. The highest BCUT2D eigenvalue weighted by Crippen LogP contribution is 2.29. The van der Waals surface area contributed by atoms with Crippen molar-refractivity contribution in [1.29, 1.82) is 0 Å². The van der Waals surface area contributed by atoms with Crippen molar-refractivity contribution in [3.05, 3.63) is 53.1 Å². The number of methoxy groups -OCH3 is 1. The normalized spacial score (nSPS) is 15.4. The molecule has 33 heavy (non-hydrogen) atoms. The van der Waals surface area contributed by atoms with Gasteiger partial charge in [-0.05, 0) is 37.3 Å². The maximum Gasteiger partial charge on any atom is 0.373 e. The lowest BCUT2D eigenvalue weighted by Crippen LogP contribution is -2.30. The monoisotopic (exact) mass is 457 g/mol. The van der Waals surface area contributed by atoms with Gasteiger partial charge in [0.1, 0.15) is 17.2 Å². The largest absolute Gasteiger partial charge is 0.479 e. The molecule has 0 saturated carbocycles. The number of urea groups is 1. The van der Waals surface area contributed by atoms with E-state index in [2.05, 4.69) is 10.1 Å². The number of carbonyl (C=O) groups excluding carboxylic acids is 3. The molecule has 0 unspecified atom stereocenters. The van der Waals surface area contributed by atoms with E-state index in [1.807, 2.05) is 19.0 Å². The van der Waals surface area contributed by atoms with Crippen LogP contribution in [0.15, 0.2) is 40.4 Å². The number of hydrogen-bond donors (Lipinski definition) is 2.